The average Bonchev–Trinajstić information content (AvgIpc) is 2.21. The summed E-state index contributed by atoms with van der Waals surface area (Å²) in [5.74, 6) is -0.589. The molecule has 16 heavy (non-hydrogen) atoms. The zero-order chi connectivity index (χ0) is 12.2. The van der Waals surface area contributed by atoms with Crippen LogP contribution in [0.1, 0.15) is 5.56 Å². The highest BCUT2D eigenvalue weighted by molar-refractivity contribution is 7.88. The molecular weight excluding hydrogens is 233 g/mol. The van der Waals surface area contributed by atoms with Crippen molar-refractivity contribution in [2.75, 3.05) is 20.2 Å². The number of aliphatic hydroxyl groups is 1. The van der Waals surface area contributed by atoms with Crippen molar-refractivity contribution in [3.8, 4) is 0 Å². The molecule has 1 N–H and O–H groups in total. The van der Waals surface area contributed by atoms with Gasteiger partial charge in [-0.25, -0.2) is 17.1 Å². The molecule has 6 heteroatoms. The molecule has 0 aliphatic carbocycles. The minimum absolute atomic E-state index is 0.0591. The molecule has 0 aliphatic heterocycles. The van der Waals surface area contributed by atoms with E-state index in [4.69, 9.17) is 5.11 Å². The number of sulfonamides is 1. The Morgan fingerprint density at radius 2 is 1.88 bits per heavy atom. The van der Waals surface area contributed by atoms with Gasteiger partial charge in [-0.05, 0) is 17.7 Å². The lowest BCUT2D eigenvalue weighted by Gasteiger charge is -2.15. The molecule has 1 aromatic rings. The molecule has 0 spiro atoms. The molecule has 0 aromatic heterocycles. The number of hydrogen-bond donors (Lipinski definition) is 1. The summed E-state index contributed by atoms with van der Waals surface area (Å²) in [5, 5.41) is 8.65. The molecule has 4 nitrogen and oxygen atoms in total. The van der Waals surface area contributed by atoms with Gasteiger partial charge in [-0.15, -0.1) is 0 Å². The number of nitrogens with zero attached hydrogens (tertiary/aromatic N) is 1. The lowest BCUT2D eigenvalue weighted by atomic mass is 10.2. The van der Waals surface area contributed by atoms with Crippen molar-refractivity contribution in [3.05, 3.63) is 35.6 Å². The van der Waals surface area contributed by atoms with Crippen molar-refractivity contribution in [1.82, 2.24) is 4.31 Å². The third kappa shape index (κ3) is 3.55. The van der Waals surface area contributed by atoms with E-state index >= 15 is 0 Å². The molecule has 0 saturated heterocycles. The van der Waals surface area contributed by atoms with Gasteiger partial charge in [-0.1, -0.05) is 12.1 Å². The van der Waals surface area contributed by atoms with E-state index in [0.717, 1.165) is 4.31 Å². The molecule has 0 radical (unpaired) electrons. The molecule has 0 aliphatic rings. The largest absolute Gasteiger partial charge is 0.395 e. The first-order valence-corrected chi connectivity index (χ1v) is 6.36. The highest BCUT2D eigenvalue weighted by Gasteiger charge is 2.17. The fourth-order valence-electron chi connectivity index (χ4n) is 1.18. The van der Waals surface area contributed by atoms with Gasteiger partial charge < -0.3 is 5.11 Å². The second kappa shape index (κ2) is 5.38. The van der Waals surface area contributed by atoms with Crippen LogP contribution in [0.3, 0.4) is 0 Å². The fourth-order valence-corrected chi connectivity index (χ4v) is 2.38. The number of likely N-dealkylation sites (N-methyl/N-ethyl adjacent to an activating group) is 1. The minimum Gasteiger partial charge on any atom is -0.395 e. The molecule has 0 heterocycles. The van der Waals surface area contributed by atoms with Crippen LogP contribution in [0.2, 0.25) is 0 Å². The van der Waals surface area contributed by atoms with Crippen LogP contribution < -0.4 is 0 Å². The minimum atomic E-state index is -3.44. The summed E-state index contributed by atoms with van der Waals surface area (Å²) in [5.41, 5.74) is 0.520. The van der Waals surface area contributed by atoms with Crippen molar-refractivity contribution < 1.29 is 17.9 Å². The summed E-state index contributed by atoms with van der Waals surface area (Å²) in [6.45, 7) is -0.164. The number of halogens is 1. The third-order valence-corrected chi connectivity index (χ3v) is 3.98. The molecular formula is C10H14FNO3S. The maximum atomic E-state index is 12.6. The van der Waals surface area contributed by atoms with Gasteiger partial charge in [0.25, 0.3) is 0 Å². The first-order chi connectivity index (χ1) is 7.45. The molecule has 90 valence electrons. The zero-order valence-corrected chi connectivity index (χ0v) is 9.74. The van der Waals surface area contributed by atoms with E-state index in [1.165, 1.54) is 31.3 Å². The SMILES string of the molecule is CN(CCO)S(=O)(=O)Cc1ccc(F)cc1. The van der Waals surface area contributed by atoms with E-state index in [1.54, 1.807) is 0 Å². The summed E-state index contributed by atoms with van der Waals surface area (Å²) >= 11 is 0. The summed E-state index contributed by atoms with van der Waals surface area (Å²) in [6.07, 6.45) is 0. The van der Waals surface area contributed by atoms with Crippen LogP contribution in [0, 0.1) is 5.82 Å². The Hall–Kier alpha value is -0.980. The van der Waals surface area contributed by atoms with Gasteiger partial charge in [0.15, 0.2) is 0 Å². The first kappa shape index (κ1) is 13.1. The molecule has 1 rings (SSSR count). The van der Waals surface area contributed by atoms with Gasteiger partial charge in [0.2, 0.25) is 10.0 Å². The van der Waals surface area contributed by atoms with E-state index in [9.17, 15) is 12.8 Å². The van der Waals surface area contributed by atoms with Gasteiger partial charge >= 0.3 is 0 Å². The van der Waals surface area contributed by atoms with Crippen LogP contribution in [-0.2, 0) is 15.8 Å². The van der Waals surface area contributed by atoms with Gasteiger partial charge in [-0.2, -0.15) is 0 Å². The van der Waals surface area contributed by atoms with Gasteiger partial charge in [-0.3, -0.25) is 0 Å². The molecule has 0 unspecified atom stereocenters. The van der Waals surface area contributed by atoms with Crippen molar-refractivity contribution in [2.45, 2.75) is 5.75 Å². The van der Waals surface area contributed by atoms with Crippen LogP contribution in [0.4, 0.5) is 4.39 Å². The molecule has 0 fully saturated rings. The Labute approximate surface area is 94.4 Å². The molecule has 0 atom stereocenters. The zero-order valence-electron chi connectivity index (χ0n) is 8.93. The normalized spacial score (nSPS) is 12.0. The predicted molar refractivity (Wildman–Crippen MR) is 58.7 cm³/mol. The van der Waals surface area contributed by atoms with E-state index in [1.807, 2.05) is 0 Å². The quantitative estimate of drug-likeness (QED) is 0.828. The Morgan fingerprint density at radius 1 is 1.31 bits per heavy atom. The third-order valence-electron chi connectivity index (χ3n) is 2.15. The van der Waals surface area contributed by atoms with E-state index in [0.29, 0.717) is 5.56 Å². The lowest BCUT2D eigenvalue weighted by Crippen LogP contribution is -2.30. The van der Waals surface area contributed by atoms with Crippen molar-refractivity contribution in [1.29, 1.82) is 0 Å². The second-order valence-corrected chi connectivity index (χ2v) is 5.50. The van der Waals surface area contributed by atoms with Crippen LogP contribution in [-0.4, -0.2) is 38.0 Å². The Balaban J connectivity index is 2.76. The molecule has 0 saturated carbocycles. The predicted octanol–water partition coefficient (Wildman–Crippen LogP) is 0.580. The number of hydrogen-bond acceptors (Lipinski definition) is 3. The van der Waals surface area contributed by atoms with E-state index in [2.05, 4.69) is 0 Å². The monoisotopic (exact) mass is 247 g/mol. The maximum absolute atomic E-state index is 12.6. The number of rotatable bonds is 5. The topological polar surface area (TPSA) is 57.6 Å². The first-order valence-electron chi connectivity index (χ1n) is 4.75. The molecule has 0 bridgehead atoms. The average molecular weight is 247 g/mol. The molecule has 0 amide bonds. The fraction of sp³-hybridized carbons (Fsp3) is 0.400. The molecule has 1 aromatic carbocycles. The van der Waals surface area contributed by atoms with Crippen LogP contribution in [0.15, 0.2) is 24.3 Å². The van der Waals surface area contributed by atoms with Crippen molar-refractivity contribution in [2.24, 2.45) is 0 Å². The summed E-state index contributed by atoms with van der Waals surface area (Å²) in [4.78, 5) is 0. The Morgan fingerprint density at radius 3 is 2.38 bits per heavy atom. The van der Waals surface area contributed by atoms with Gasteiger partial charge in [0.05, 0.1) is 12.4 Å². The van der Waals surface area contributed by atoms with E-state index < -0.39 is 15.8 Å². The smallest absolute Gasteiger partial charge is 0.218 e. The van der Waals surface area contributed by atoms with Crippen molar-refractivity contribution >= 4 is 10.0 Å². The lowest BCUT2D eigenvalue weighted by molar-refractivity contribution is 0.266. The van der Waals surface area contributed by atoms with Crippen LogP contribution in [0.5, 0.6) is 0 Å². The maximum Gasteiger partial charge on any atom is 0.218 e. The summed E-state index contributed by atoms with van der Waals surface area (Å²) in [7, 11) is -2.04. The highest BCUT2D eigenvalue weighted by atomic mass is 32.2. The Bertz CT molecular complexity index is 430. The van der Waals surface area contributed by atoms with Gasteiger partial charge in [0, 0.05) is 13.6 Å². The van der Waals surface area contributed by atoms with Gasteiger partial charge in [0.1, 0.15) is 5.82 Å². The standard InChI is InChI=1S/C10H14FNO3S/c1-12(6-7-13)16(14,15)8-9-2-4-10(11)5-3-9/h2-5,13H,6-8H2,1H3. The highest BCUT2D eigenvalue weighted by Crippen LogP contribution is 2.10. The van der Waals surface area contributed by atoms with Crippen LogP contribution in [0.25, 0.3) is 0 Å². The van der Waals surface area contributed by atoms with Crippen LogP contribution >= 0.6 is 0 Å². The van der Waals surface area contributed by atoms with E-state index in [-0.39, 0.29) is 18.9 Å². The summed E-state index contributed by atoms with van der Waals surface area (Å²) in [6, 6.07) is 5.30. The summed E-state index contributed by atoms with van der Waals surface area (Å²) < 4.78 is 37.1. The second-order valence-electron chi connectivity index (χ2n) is 3.43. The number of aliphatic hydroxyl groups excluding tert-OH is 1. The van der Waals surface area contributed by atoms with Crippen molar-refractivity contribution in [3.63, 3.8) is 0 Å². The number of benzene rings is 1. The Kier molecular flexibility index (Phi) is 4.40.